The van der Waals surface area contributed by atoms with Crippen molar-refractivity contribution in [1.29, 1.82) is 5.26 Å². The zero-order valence-electron chi connectivity index (χ0n) is 9.75. The third kappa shape index (κ3) is 1.98. The molecule has 2 unspecified atom stereocenters. The van der Waals surface area contributed by atoms with Gasteiger partial charge in [0.25, 0.3) is 0 Å². The van der Waals surface area contributed by atoms with Crippen molar-refractivity contribution in [3.05, 3.63) is 18.1 Å². The Kier molecular flexibility index (Phi) is 3.12. The van der Waals surface area contributed by atoms with Gasteiger partial charge in [-0.1, -0.05) is 0 Å². The molecule has 0 amide bonds. The SMILES string of the molecule is CC1(C(=O)O)COCC1Nc1nccnc1C#N. The Bertz CT molecular complexity index is 513. The van der Waals surface area contributed by atoms with Gasteiger partial charge >= 0.3 is 5.97 Å². The number of nitriles is 1. The molecule has 1 aromatic rings. The number of anilines is 1. The molecule has 2 rings (SSSR count). The van der Waals surface area contributed by atoms with Crippen LogP contribution in [-0.2, 0) is 9.53 Å². The number of hydrogen-bond donors (Lipinski definition) is 2. The van der Waals surface area contributed by atoms with E-state index in [2.05, 4.69) is 15.3 Å². The molecule has 1 aliphatic heterocycles. The van der Waals surface area contributed by atoms with Gasteiger partial charge in [-0.3, -0.25) is 4.79 Å². The number of aliphatic carboxylic acids is 1. The number of ether oxygens (including phenoxy) is 1. The van der Waals surface area contributed by atoms with E-state index in [1.807, 2.05) is 6.07 Å². The molecule has 1 aliphatic rings. The second-order valence-corrected chi connectivity index (χ2v) is 4.30. The van der Waals surface area contributed by atoms with E-state index in [4.69, 9.17) is 10.00 Å². The predicted molar refractivity (Wildman–Crippen MR) is 60.7 cm³/mol. The molecular formula is C11H12N4O3. The standard InChI is InChI=1S/C11H12N4O3/c1-11(10(16)17)6-18-5-8(11)15-9-7(4-12)13-2-3-14-9/h2-3,8H,5-6H2,1H3,(H,14,15)(H,16,17). The molecule has 1 fully saturated rings. The molecule has 1 saturated heterocycles. The smallest absolute Gasteiger partial charge is 0.313 e. The highest BCUT2D eigenvalue weighted by Crippen LogP contribution is 2.31. The fourth-order valence-electron chi connectivity index (χ4n) is 1.78. The fraction of sp³-hybridized carbons (Fsp3) is 0.455. The van der Waals surface area contributed by atoms with Crippen LogP contribution in [0.1, 0.15) is 12.6 Å². The topological polar surface area (TPSA) is 108 Å². The van der Waals surface area contributed by atoms with Gasteiger partial charge in [-0.2, -0.15) is 5.26 Å². The van der Waals surface area contributed by atoms with Gasteiger partial charge in [0.2, 0.25) is 0 Å². The minimum absolute atomic E-state index is 0.127. The van der Waals surface area contributed by atoms with Gasteiger partial charge in [0.05, 0.1) is 19.3 Å². The summed E-state index contributed by atoms with van der Waals surface area (Å²) in [6.07, 6.45) is 2.85. The van der Waals surface area contributed by atoms with Crippen LogP contribution >= 0.6 is 0 Å². The van der Waals surface area contributed by atoms with Gasteiger partial charge in [0, 0.05) is 12.4 Å². The van der Waals surface area contributed by atoms with E-state index in [-0.39, 0.29) is 24.7 Å². The first-order chi connectivity index (χ1) is 8.58. The highest BCUT2D eigenvalue weighted by atomic mass is 16.5. The Hall–Kier alpha value is -2.20. The highest BCUT2D eigenvalue weighted by Gasteiger charge is 2.47. The lowest BCUT2D eigenvalue weighted by Gasteiger charge is -2.25. The molecule has 0 saturated carbocycles. The third-order valence-electron chi connectivity index (χ3n) is 3.06. The Morgan fingerprint density at radius 2 is 2.39 bits per heavy atom. The summed E-state index contributed by atoms with van der Waals surface area (Å²) in [6, 6.07) is 1.46. The number of aromatic nitrogens is 2. The molecule has 7 nitrogen and oxygen atoms in total. The largest absolute Gasteiger partial charge is 0.481 e. The lowest BCUT2D eigenvalue weighted by Crippen LogP contribution is -2.43. The van der Waals surface area contributed by atoms with Crippen LogP contribution in [0, 0.1) is 16.7 Å². The summed E-state index contributed by atoms with van der Waals surface area (Å²) in [4.78, 5) is 19.1. The van der Waals surface area contributed by atoms with Crippen LogP contribution in [-0.4, -0.2) is 40.3 Å². The van der Waals surface area contributed by atoms with E-state index >= 15 is 0 Å². The van der Waals surface area contributed by atoms with Crippen molar-refractivity contribution in [3.8, 4) is 6.07 Å². The van der Waals surface area contributed by atoms with Crippen molar-refractivity contribution >= 4 is 11.8 Å². The van der Waals surface area contributed by atoms with Gasteiger partial charge in [-0.25, -0.2) is 9.97 Å². The summed E-state index contributed by atoms with van der Waals surface area (Å²) in [5.41, 5.74) is -0.901. The van der Waals surface area contributed by atoms with Crippen LogP contribution in [0.15, 0.2) is 12.4 Å². The molecule has 0 radical (unpaired) electrons. The number of carboxylic acid groups (broad SMARTS) is 1. The summed E-state index contributed by atoms with van der Waals surface area (Å²) >= 11 is 0. The zero-order chi connectivity index (χ0) is 13.2. The van der Waals surface area contributed by atoms with Crippen LogP contribution in [0.3, 0.4) is 0 Å². The summed E-state index contributed by atoms with van der Waals surface area (Å²) in [6.45, 7) is 1.98. The molecule has 2 atom stereocenters. The first-order valence-electron chi connectivity index (χ1n) is 5.36. The average Bonchev–Trinajstić information content (AvgIpc) is 2.73. The number of rotatable bonds is 3. The lowest BCUT2D eigenvalue weighted by molar-refractivity contribution is -0.148. The maximum absolute atomic E-state index is 11.3. The molecule has 7 heteroatoms. The minimum atomic E-state index is -1.04. The second kappa shape index (κ2) is 4.58. The summed E-state index contributed by atoms with van der Waals surface area (Å²) in [5.74, 6) is -0.664. The van der Waals surface area contributed by atoms with Crippen molar-refractivity contribution in [2.24, 2.45) is 5.41 Å². The summed E-state index contributed by atoms with van der Waals surface area (Å²) < 4.78 is 5.21. The predicted octanol–water partition coefficient (Wildman–Crippen LogP) is 0.250. The normalized spacial score (nSPS) is 26.6. The number of carbonyl (C=O) groups is 1. The molecule has 1 aromatic heterocycles. The number of nitrogens with zero attached hydrogens (tertiary/aromatic N) is 3. The second-order valence-electron chi connectivity index (χ2n) is 4.30. The molecule has 18 heavy (non-hydrogen) atoms. The van der Waals surface area contributed by atoms with Crippen molar-refractivity contribution in [3.63, 3.8) is 0 Å². The van der Waals surface area contributed by atoms with Crippen LogP contribution in [0.2, 0.25) is 0 Å². The Morgan fingerprint density at radius 1 is 1.67 bits per heavy atom. The molecule has 0 aliphatic carbocycles. The van der Waals surface area contributed by atoms with E-state index in [1.165, 1.54) is 12.4 Å². The van der Waals surface area contributed by atoms with Crippen LogP contribution in [0.25, 0.3) is 0 Å². The third-order valence-corrected chi connectivity index (χ3v) is 3.06. The maximum Gasteiger partial charge on any atom is 0.313 e. The quantitative estimate of drug-likeness (QED) is 0.789. The van der Waals surface area contributed by atoms with E-state index in [0.717, 1.165) is 0 Å². The fourth-order valence-corrected chi connectivity index (χ4v) is 1.78. The number of nitrogens with one attached hydrogen (secondary N) is 1. The Labute approximate surface area is 103 Å². The summed E-state index contributed by atoms with van der Waals surface area (Å²) in [5, 5.41) is 21.0. The molecule has 0 aromatic carbocycles. The van der Waals surface area contributed by atoms with E-state index in [0.29, 0.717) is 0 Å². The highest BCUT2D eigenvalue weighted by molar-refractivity contribution is 5.76. The molecule has 94 valence electrons. The monoisotopic (exact) mass is 248 g/mol. The van der Waals surface area contributed by atoms with Crippen LogP contribution in [0.5, 0.6) is 0 Å². The minimum Gasteiger partial charge on any atom is -0.481 e. The summed E-state index contributed by atoms with van der Waals surface area (Å²) in [7, 11) is 0. The van der Waals surface area contributed by atoms with Gasteiger partial charge in [-0.05, 0) is 6.92 Å². The van der Waals surface area contributed by atoms with Crippen molar-refractivity contribution < 1.29 is 14.6 Å². The van der Waals surface area contributed by atoms with Gasteiger partial charge in [0.1, 0.15) is 11.5 Å². The van der Waals surface area contributed by atoms with E-state index in [1.54, 1.807) is 6.92 Å². The van der Waals surface area contributed by atoms with Crippen LogP contribution < -0.4 is 5.32 Å². The first kappa shape index (κ1) is 12.3. The van der Waals surface area contributed by atoms with Crippen LogP contribution in [0.4, 0.5) is 5.82 Å². The Morgan fingerprint density at radius 3 is 3.06 bits per heavy atom. The molecule has 2 heterocycles. The lowest BCUT2D eigenvalue weighted by atomic mass is 9.85. The zero-order valence-corrected chi connectivity index (χ0v) is 9.75. The van der Waals surface area contributed by atoms with Crippen molar-refractivity contribution in [2.75, 3.05) is 18.5 Å². The van der Waals surface area contributed by atoms with Crippen molar-refractivity contribution in [2.45, 2.75) is 13.0 Å². The number of hydrogen-bond acceptors (Lipinski definition) is 6. The number of carboxylic acids is 1. The molecule has 0 spiro atoms. The average molecular weight is 248 g/mol. The van der Waals surface area contributed by atoms with Gasteiger partial charge < -0.3 is 15.2 Å². The van der Waals surface area contributed by atoms with Gasteiger partial charge in [0.15, 0.2) is 11.5 Å². The molecule has 0 bridgehead atoms. The molecule has 2 N–H and O–H groups in total. The van der Waals surface area contributed by atoms with Crippen molar-refractivity contribution in [1.82, 2.24) is 9.97 Å². The van der Waals surface area contributed by atoms with E-state index in [9.17, 15) is 9.90 Å². The van der Waals surface area contributed by atoms with Gasteiger partial charge in [-0.15, -0.1) is 0 Å². The Balaban J connectivity index is 2.24. The van der Waals surface area contributed by atoms with E-state index < -0.39 is 17.4 Å². The molecular weight excluding hydrogens is 236 g/mol. The maximum atomic E-state index is 11.3. The first-order valence-corrected chi connectivity index (χ1v) is 5.36.